The lowest BCUT2D eigenvalue weighted by molar-refractivity contribution is 0.0981. The fourth-order valence-electron chi connectivity index (χ4n) is 2.50. The normalized spacial score (nSPS) is 16.4. The van der Waals surface area contributed by atoms with Crippen molar-refractivity contribution >= 4 is 15.9 Å². The molecule has 1 aromatic rings. The minimum Gasteiger partial charge on any atom is -0.493 e. The number of benzene rings is 1. The highest BCUT2D eigenvalue weighted by molar-refractivity contribution is 7.89. The lowest BCUT2D eigenvalue weighted by atomic mass is 9.90. The van der Waals surface area contributed by atoms with E-state index in [0.717, 1.165) is 6.26 Å². The van der Waals surface area contributed by atoms with Crippen molar-refractivity contribution in [2.75, 3.05) is 12.9 Å². The van der Waals surface area contributed by atoms with Gasteiger partial charge in [-0.3, -0.25) is 4.79 Å². The summed E-state index contributed by atoms with van der Waals surface area (Å²) in [5, 5.41) is 0. The van der Waals surface area contributed by atoms with E-state index in [1.165, 1.54) is 32.1 Å². The van der Waals surface area contributed by atoms with Crippen molar-refractivity contribution in [3.63, 3.8) is 0 Å². The highest BCUT2D eigenvalue weighted by atomic mass is 32.2. The molecule has 1 aliphatic carbocycles. The zero-order valence-corrected chi connectivity index (χ0v) is 13.0. The Morgan fingerprint density at radius 2 is 1.81 bits per heavy atom. The molecule has 5 nitrogen and oxygen atoms in total. The summed E-state index contributed by atoms with van der Waals surface area (Å²) in [7, 11) is -3.54. The summed E-state index contributed by atoms with van der Waals surface area (Å²) in [5.41, 5.74) is 0.297. The number of carbonyl (C=O) groups excluding carboxylic acids is 1. The third kappa shape index (κ3) is 5.38. The Morgan fingerprint density at radius 3 is 2.38 bits per heavy atom. The molecule has 1 aromatic carbocycles. The third-order valence-electron chi connectivity index (χ3n) is 3.61. The zero-order chi connectivity index (χ0) is 15.3. The smallest absolute Gasteiger partial charge is 0.264 e. The summed E-state index contributed by atoms with van der Waals surface area (Å²) < 4.78 is 29.7. The maximum absolute atomic E-state index is 11.6. The molecule has 21 heavy (non-hydrogen) atoms. The first-order valence-electron chi connectivity index (χ1n) is 7.19. The van der Waals surface area contributed by atoms with Gasteiger partial charge in [-0.1, -0.05) is 19.3 Å². The van der Waals surface area contributed by atoms with E-state index in [0.29, 0.717) is 23.8 Å². The monoisotopic (exact) mass is 311 g/mol. The second-order valence-electron chi connectivity index (χ2n) is 5.54. The molecule has 0 unspecified atom stereocenters. The van der Waals surface area contributed by atoms with E-state index < -0.39 is 15.9 Å². The highest BCUT2D eigenvalue weighted by Gasteiger charge is 2.14. The van der Waals surface area contributed by atoms with Gasteiger partial charge in [0.1, 0.15) is 5.75 Å². The summed E-state index contributed by atoms with van der Waals surface area (Å²) in [6.07, 6.45) is 7.26. The van der Waals surface area contributed by atoms with Crippen LogP contribution in [0.4, 0.5) is 0 Å². The summed E-state index contributed by atoms with van der Waals surface area (Å²) in [5.74, 6) is 0.694. The van der Waals surface area contributed by atoms with Crippen LogP contribution in [0.15, 0.2) is 24.3 Å². The van der Waals surface area contributed by atoms with E-state index in [4.69, 9.17) is 4.74 Å². The largest absolute Gasteiger partial charge is 0.493 e. The van der Waals surface area contributed by atoms with Crippen LogP contribution in [0.25, 0.3) is 0 Å². The summed E-state index contributed by atoms with van der Waals surface area (Å²) in [6.45, 7) is 0.703. The Balaban J connectivity index is 1.88. The van der Waals surface area contributed by atoms with Gasteiger partial charge in [0.05, 0.1) is 12.9 Å². The summed E-state index contributed by atoms with van der Waals surface area (Å²) >= 11 is 0. The SMILES string of the molecule is CS(=O)(=O)NC(=O)c1ccc(OCC2CCCCC2)cc1. The van der Waals surface area contributed by atoms with Crippen LogP contribution in [0.3, 0.4) is 0 Å². The number of hydrogen-bond acceptors (Lipinski definition) is 4. The molecule has 0 heterocycles. The molecule has 1 aliphatic rings. The minimum atomic E-state index is -3.54. The first kappa shape index (κ1) is 15.8. The molecular weight excluding hydrogens is 290 g/mol. The number of hydrogen-bond donors (Lipinski definition) is 1. The van der Waals surface area contributed by atoms with Gasteiger partial charge in [0.15, 0.2) is 0 Å². The quantitative estimate of drug-likeness (QED) is 0.906. The molecule has 0 aromatic heterocycles. The molecule has 1 amide bonds. The van der Waals surface area contributed by atoms with Crippen LogP contribution in [0.5, 0.6) is 5.75 Å². The van der Waals surface area contributed by atoms with Crippen molar-refractivity contribution in [3.05, 3.63) is 29.8 Å². The molecule has 1 saturated carbocycles. The van der Waals surface area contributed by atoms with Gasteiger partial charge >= 0.3 is 0 Å². The van der Waals surface area contributed by atoms with Crippen LogP contribution in [0.2, 0.25) is 0 Å². The van der Waals surface area contributed by atoms with Gasteiger partial charge in [0, 0.05) is 5.56 Å². The van der Waals surface area contributed by atoms with Gasteiger partial charge in [-0.15, -0.1) is 0 Å². The maximum Gasteiger partial charge on any atom is 0.264 e. The van der Waals surface area contributed by atoms with E-state index in [2.05, 4.69) is 0 Å². The Hall–Kier alpha value is -1.56. The number of rotatable bonds is 5. The standard InChI is InChI=1S/C15H21NO4S/c1-21(18,19)16-15(17)13-7-9-14(10-8-13)20-11-12-5-3-2-4-6-12/h7-10,12H,2-6,11H2,1H3,(H,16,17). The van der Waals surface area contributed by atoms with Crippen LogP contribution in [0.1, 0.15) is 42.5 Å². The van der Waals surface area contributed by atoms with Gasteiger partial charge in [0.25, 0.3) is 5.91 Å². The van der Waals surface area contributed by atoms with Gasteiger partial charge in [-0.25, -0.2) is 13.1 Å². The molecular formula is C15H21NO4S. The number of sulfonamides is 1. The molecule has 0 atom stereocenters. The average Bonchev–Trinajstić information content (AvgIpc) is 2.45. The third-order valence-corrected chi connectivity index (χ3v) is 4.16. The Morgan fingerprint density at radius 1 is 1.19 bits per heavy atom. The predicted molar refractivity (Wildman–Crippen MR) is 80.8 cm³/mol. The van der Waals surface area contributed by atoms with E-state index >= 15 is 0 Å². The molecule has 0 aliphatic heterocycles. The van der Waals surface area contributed by atoms with Gasteiger partial charge in [-0.05, 0) is 43.0 Å². The molecule has 2 rings (SSSR count). The average molecular weight is 311 g/mol. The van der Waals surface area contributed by atoms with Crippen molar-refractivity contribution in [1.29, 1.82) is 0 Å². The van der Waals surface area contributed by atoms with E-state index in [-0.39, 0.29) is 0 Å². The van der Waals surface area contributed by atoms with Gasteiger partial charge < -0.3 is 4.74 Å². The fraction of sp³-hybridized carbons (Fsp3) is 0.533. The molecule has 116 valence electrons. The van der Waals surface area contributed by atoms with Crippen molar-refractivity contribution in [2.24, 2.45) is 5.92 Å². The fourth-order valence-corrected chi connectivity index (χ4v) is 2.95. The Labute approximate surface area is 125 Å². The molecule has 0 spiro atoms. The van der Waals surface area contributed by atoms with E-state index in [1.54, 1.807) is 24.3 Å². The molecule has 0 bridgehead atoms. The van der Waals surface area contributed by atoms with Crippen molar-refractivity contribution in [1.82, 2.24) is 4.72 Å². The van der Waals surface area contributed by atoms with Crippen molar-refractivity contribution in [2.45, 2.75) is 32.1 Å². The highest BCUT2D eigenvalue weighted by Crippen LogP contribution is 2.24. The molecule has 1 fully saturated rings. The lowest BCUT2D eigenvalue weighted by Gasteiger charge is -2.21. The second-order valence-corrected chi connectivity index (χ2v) is 7.29. The Kier molecular flexibility index (Phi) is 5.22. The van der Waals surface area contributed by atoms with Crippen LogP contribution in [0, 0.1) is 5.92 Å². The van der Waals surface area contributed by atoms with E-state index in [9.17, 15) is 13.2 Å². The number of ether oxygens (including phenoxy) is 1. The molecule has 6 heteroatoms. The van der Waals surface area contributed by atoms with Crippen LogP contribution in [-0.4, -0.2) is 27.2 Å². The Bertz CT molecular complexity index is 574. The van der Waals surface area contributed by atoms with Crippen LogP contribution in [-0.2, 0) is 10.0 Å². The summed E-state index contributed by atoms with van der Waals surface area (Å²) in [6, 6.07) is 6.52. The maximum atomic E-state index is 11.6. The number of nitrogens with one attached hydrogen (secondary N) is 1. The van der Waals surface area contributed by atoms with Gasteiger partial charge in [0.2, 0.25) is 10.0 Å². The van der Waals surface area contributed by atoms with Crippen LogP contribution >= 0.6 is 0 Å². The molecule has 0 saturated heterocycles. The van der Waals surface area contributed by atoms with E-state index in [1.807, 2.05) is 4.72 Å². The minimum absolute atomic E-state index is 0.297. The van der Waals surface area contributed by atoms with Crippen LogP contribution < -0.4 is 9.46 Å². The topological polar surface area (TPSA) is 72.5 Å². The second kappa shape index (κ2) is 6.93. The predicted octanol–water partition coefficient (Wildman–Crippen LogP) is 2.34. The first-order chi connectivity index (χ1) is 9.94. The molecule has 0 radical (unpaired) electrons. The lowest BCUT2D eigenvalue weighted by Crippen LogP contribution is -2.29. The van der Waals surface area contributed by atoms with Crippen molar-refractivity contribution < 1.29 is 17.9 Å². The molecule has 1 N–H and O–H groups in total. The first-order valence-corrected chi connectivity index (χ1v) is 9.08. The number of carbonyl (C=O) groups is 1. The number of amides is 1. The zero-order valence-electron chi connectivity index (χ0n) is 12.2. The van der Waals surface area contributed by atoms with Crippen molar-refractivity contribution in [3.8, 4) is 5.75 Å². The van der Waals surface area contributed by atoms with Gasteiger partial charge in [-0.2, -0.15) is 0 Å². The summed E-state index contributed by atoms with van der Waals surface area (Å²) in [4.78, 5) is 11.6.